The van der Waals surface area contributed by atoms with E-state index in [0.29, 0.717) is 31.6 Å². The third kappa shape index (κ3) is 12.8. The van der Waals surface area contributed by atoms with Crippen molar-refractivity contribution in [2.24, 2.45) is 23.7 Å². The van der Waals surface area contributed by atoms with Crippen LogP contribution in [0.3, 0.4) is 0 Å². The molecule has 11 heteroatoms. The monoisotopic (exact) mass is 740 g/mol. The van der Waals surface area contributed by atoms with Crippen LogP contribution in [0.15, 0.2) is 35.7 Å². The smallest absolute Gasteiger partial charge is 0.306 e. The molecule has 2 unspecified atom stereocenters. The maximum Gasteiger partial charge on any atom is 0.306 e. The average Bonchev–Trinajstić information content (AvgIpc) is 3.62. The number of ether oxygens (including phenoxy) is 1. The number of carbonyl (C=O) groups excluding carboxylic acids is 3. The summed E-state index contributed by atoms with van der Waals surface area (Å²) in [6, 6.07) is 9.04. The van der Waals surface area contributed by atoms with Gasteiger partial charge in [-0.1, -0.05) is 91.6 Å². The van der Waals surface area contributed by atoms with Gasteiger partial charge in [-0.05, 0) is 69.5 Å². The highest BCUT2D eigenvalue weighted by atomic mass is 32.1. The lowest BCUT2D eigenvalue weighted by Crippen LogP contribution is -2.50. The molecule has 2 aromatic rings. The van der Waals surface area contributed by atoms with E-state index in [4.69, 9.17) is 9.72 Å². The maximum atomic E-state index is 14.6. The van der Waals surface area contributed by atoms with Crippen LogP contribution in [0.2, 0.25) is 0 Å². The highest BCUT2D eigenvalue weighted by Gasteiger charge is 2.38. The Balaban J connectivity index is 1.80. The number of likely N-dealkylation sites (tertiary alicyclic amines) is 1. The van der Waals surface area contributed by atoms with Gasteiger partial charge in [-0.2, -0.15) is 0 Å². The van der Waals surface area contributed by atoms with Crippen LogP contribution in [0.4, 0.5) is 0 Å². The number of nitrogens with zero attached hydrogens (tertiary/aromatic N) is 3. The zero-order valence-electron chi connectivity index (χ0n) is 32.8. The van der Waals surface area contributed by atoms with Gasteiger partial charge in [0.15, 0.2) is 5.78 Å². The van der Waals surface area contributed by atoms with E-state index in [0.717, 1.165) is 49.2 Å². The van der Waals surface area contributed by atoms with Gasteiger partial charge in [0.05, 0.1) is 17.0 Å². The number of Topliss-reactive ketones (excluding diaryl/α,β-unsaturated/α-hetero) is 1. The highest BCUT2D eigenvalue weighted by Crippen LogP contribution is 2.32. The predicted octanol–water partition coefficient (Wildman–Crippen LogP) is 7.43. The largest absolute Gasteiger partial charge is 0.481 e. The Morgan fingerprint density at radius 3 is 2.38 bits per heavy atom. The molecule has 0 aliphatic carbocycles. The van der Waals surface area contributed by atoms with Crippen molar-refractivity contribution in [2.75, 3.05) is 26.9 Å². The van der Waals surface area contributed by atoms with Crippen molar-refractivity contribution < 1.29 is 29.0 Å². The van der Waals surface area contributed by atoms with E-state index in [1.54, 1.807) is 12.3 Å². The van der Waals surface area contributed by atoms with Crippen molar-refractivity contribution in [3.63, 3.8) is 0 Å². The minimum Gasteiger partial charge on any atom is -0.481 e. The lowest BCUT2D eigenvalue weighted by Gasteiger charge is -2.39. The van der Waals surface area contributed by atoms with E-state index in [-0.39, 0.29) is 66.6 Å². The van der Waals surface area contributed by atoms with Crippen molar-refractivity contribution in [3.8, 4) is 0 Å². The van der Waals surface area contributed by atoms with Gasteiger partial charge < -0.3 is 20.1 Å². The summed E-state index contributed by atoms with van der Waals surface area (Å²) in [6.07, 6.45) is 6.25. The van der Waals surface area contributed by atoms with E-state index in [9.17, 15) is 24.3 Å². The normalized spacial score (nSPS) is 18.6. The number of aromatic nitrogens is 1. The molecule has 7 atom stereocenters. The molecule has 3 rings (SSSR count). The molecule has 1 aromatic heterocycles. The summed E-state index contributed by atoms with van der Waals surface area (Å²) in [4.78, 5) is 62.2. The van der Waals surface area contributed by atoms with Crippen LogP contribution in [-0.4, -0.2) is 88.5 Å². The second-order valence-electron chi connectivity index (χ2n) is 15.4. The molecule has 1 aliphatic rings. The van der Waals surface area contributed by atoms with Gasteiger partial charge in [-0.25, -0.2) is 4.98 Å². The van der Waals surface area contributed by atoms with Crippen molar-refractivity contribution in [1.82, 2.24) is 20.1 Å². The Bertz CT molecular complexity index is 1420. The summed E-state index contributed by atoms with van der Waals surface area (Å²) in [5.74, 6) is -2.08. The second-order valence-corrected chi connectivity index (χ2v) is 16.2. The molecule has 290 valence electrons. The van der Waals surface area contributed by atoms with Crippen LogP contribution in [0.5, 0.6) is 0 Å². The molecule has 52 heavy (non-hydrogen) atoms. The first kappa shape index (κ1) is 43.3. The SMILES string of the molecule is CCCOCN(C(=O)[C@@H](CC(=O)[C@H]1CCCCN1C)C(C)CC)C(C[C@@H](C)c1nc(C(=O)N[C@@H](Cc2ccccc2)C[C@H](C)C(=O)O)cs1)C(C)C. The van der Waals surface area contributed by atoms with Crippen molar-refractivity contribution in [1.29, 1.82) is 0 Å². The van der Waals surface area contributed by atoms with Crippen molar-refractivity contribution >= 4 is 34.9 Å². The van der Waals surface area contributed by atoms with E-state index in [1.165, 1.54) is 11.3 Å². The number of nitrogens with one attached hydrogen (secondary N) is 1. The zero-order chi connectivity index (χ0) is 38.4. The van der Waals surface area contributed by atoms with Gasteiger partial charge in [0.1, 0.15) is 12.4 Å². The number of carbonyl (C=O) groups is 4. The minimum atomic E-state index is -0.900. The molecule has 2 heterocycles. The fourth-order valence-electron chi connectivity index (χ4n) is 7.21. The zero-order valence-corrected chi connectivity index (χ0v) is 33.6. The third-order valence-corrected chi connectivity index (χ3v) is 11.8. The van der Waals surface area contributed by atoms with Gasteiger partial charge in [-0.15, -0.1) is 11.3 Å². The number of carboxylic acid groups (broad SMARTS) is 1. The molecule has 0 radical (unpaired) electrons. The van der Waals surface area contributed by atoms with Crippen molar-refractivity contribution in [2.45, 2.75) is 130 Å². The number of thiazole rings is 1. The molecule has 0 spiro atoms. The van der Waals surface area contributed by atoms with E-state index < -0.39 is 17.8 Å². The molecule has 1 aromatic carbocycles. The molecule has 0 saturated carbocycles. The number of hydrogen-bond acceptors (Lipinski definition) is 8. The summed E-state index contributed by atoms with van der Waals surface area (Å²) in [7, 11) is 2.01. The number of carboxylic acids is 1. The topological polar surface area (TPSA) is 129 Å². The molecular formula is C41H64N4O6S. The predicted molar refractivity (Wildman–Crippen MR) is 207 cm³/mol. The van der Waals surface area contributed by atoms with E-state index in [2.05, 4.69) is 44.8 Å². The number of ketones is 1. The number of rotatable bonds is 22. The van der Waals surface area contributed by atoms with Gasteiger partial charge >= 0.3 is 5.97 Å². The van der Waals surface area contributed by atoms with Crippen LogP contribution >= 0.6 is 11.3 Å². The van der Waals surface area contributed by atoms with Gasteiger partial charge in [0.25, 0.3) is 5.91 Å². The molecule has 0 bridgehead atoms. The lowest BCUT2D eigenvalue weighted by molar-refractivity contribution is -0.150. The number of piperidine rings is 1. The molecule has 2 N–H and O–H groups in total. The van der Waals surface area contributed by atoms with Crippen LogP contribution < -0.4 is 5.32 Å². The van der Waals surface area contributed by atoms with Crippen LogP contribution in [0, 0.1) is 23.7 Å². The summed E-state index contributed by atoms with van der Waals surface area (Å²) in [5.41, 5.74) is 1.32. The third-order valence-electron chi connectivity index (χ3n) is 10.7. The summed E-state index contributed by atoms with van der Waals surface area (Å²) in [5, 5.41) is 15.2. The Morgan fingerprint density at radius 2 is 1.77 bits per heavy atom. The molecular weight excluding hydrogens is 677 g/mol. The van der Waals surface area contributed by atoms with Crippen molar-refractivity contribution in [3.05, 3.63) is 52.0 Å². The Hall–Kier alpha value is -3.15. The first-order valence-corrected chi connectivity index (χ1v) is 20.3. The first-order valence-electron chi connectivity index (χ1n) is 19.4. The number of hydrogen-bond donors (Lipinski definition) is 2. The molecule has 1 saturated heterocycles. The standard InChI is InChI=1S/C41H64N4O6S/c1-9-20-51-26-45(40(48)33(28(5)10-2)24-37(46)35-18-14-15-19-44(35)8)36(27(3)4)22-29(6)39-43-34(25-52-39)38(47)42-32(21-30(7)41(49)50)23-31-16-12-11-13-17-31/h11-13,16-17,25,27-30,32-33,35-36H,9-10,14-15,18-24,26H2,1-8H3,(H,42,47)(H,49,50)/t28?,29-,30+,32-,33+,35-,36?/m1/s1. The van der Waals surface area contributed by atoms with Gasteiger partial charge in [-0.3, -0.25) is 24.1 Å². The van der Waals surface area contributed by atoms with Crippen LogP contribution in [-0.2, 0) is 25.5 Å². The van der Waals surface area contributed by atoms with Crippen LogP contribution in [0.1, 0.15) is 127 Å². The Labute approximate surface area is 316 Å². The number of amides is 2. The number of aliphatic carboxylic acids is 1. The molecule has 2 amide bonds. The molecule has 1 fully saturated rings. The second kappa shape index (κ2) is 21.5. The van der Waals surface area contributed by atoms with Gasteiger partial charge in [0.2, 0.25) is 5.91 Å². The van der Waals surface area contributed by atoms with E-state index >= 15 is 0 Å². The van der Waals surface area contributed by atoms with E-state index in [1.807, 2.05) is 49.2 Å². The summed E-state index contributed by atoms with van der Waals surface area (Å²) in [6.45, 7) is 15.8. The summed E-state index contributed by atoms with van der Waals surface area (Å²) >= 11 is 1.42. The Morgan fingerprint density at radius 1 is 1.06 bits per heavy atom. The minimum absolute atomic E-state index is 0.0255. The fourth-order valence-corrected chi connectivity index (χ4v) is 8.09. The highest BCUT2D eigenvalue weighted by molar-refractivity contribution is 7.09. The Kier molecular flexibility index (Phi) is 17.9. The lowest BCUT2D eigenvalue weighted by atomic mass is 9.82. The first-order chi connectivity index (χ1) is 24.8. The van der Waals surface area contributed by atoms with Crippen LogP contribution in [0.25, 0.3) is 0 Å². The van der Waals surface area contributed by atoms with Gasteiger partial charge in [0, 0.05) is 42.3 Å². The summed E-state index contributed by atoms with van der Waals surface area (Å²) < 4.78 is 6.05. The fraction of sp³-hybridized carbons (Fsp3) is 0.683. The number of benzene rings is 1. The molecule has 1 aliphatic heterocycles. The quantitative estimate of drug-likeness (QED) is 0.0943. The number of likely N-dealkylation sites (N-methyl/N-ethyl adjacent to an activating group) is 1. The average molecular weight is 741 g/mol. The molecule has 10 nitrogen and oxygen atoms in total. The maximum absolute atomic E-state index is 14.6.